The highest BCUT2D eigenvalue weighted by Gasteiger charge is 2.13. The predicted molar refractivity (Wildman–Crippen MR) is 64.1 cm³/mol. The fourth-order valence-electron chi connectivity index (χ4n) is 1.85. The van der Waals surface area contributed by atoms with Gasteiger partial charge in [-0.05, 0) is 26.2 Å². The number of allylic oxidation sites excluding steroid dienone is 1. The zero-order valence-electron chi connectivity index (χ0n) is 9.68. The van der Waals surface area contributed by atoms with Crippen LogP contribution in [0.2, 0.25) is 0 Å². The number of carbonyl (C=O) groups is 1. The van der Waals surface area contributed by atoms with Crippen LogP contribution in [0.4, 0.5) is 5.95 Å². The minimum absolute atomic E-state index is 0.152. The number of carboxylic acid groups (broad SMARTS) is 1. The van der Waals surface area contributed by atoms with E-state index in [4.69, 9.17) is 5.11 Å². The van der Waals surface area contributed by atoms with Crippen molar-refractivity contribution in [2.24, 2.45) is 0 Å². The molecule has 0 amide bonds. The third kappa shape index (κ3) is 2.81. The highest BCUT2D eigenvalue weighted by Crippen LogP contribution is 2.15. The largest absolute Gasteiger partial charge is 0.478 e. The van der Waals surface area contributed by atoms with E-state index in [1.165, 1.54) is 6.20 Å². The minimum Gasteiger partial charge on any atom is -0.478 e. The summed E-state index contributed by atoms with van der Waals surface area (Å²) in [6.07, 6.45) is 8.73. The number of anilines is 1. The summed E-state index contributed by atoms with van der Waals surface area (Å²) in [5.41, 5.74) is 0.639. The maximum atomic E-state index is 10.8. The molecule has 0 aromatic carbocycles. The molecule has 1 heterocycles. The molecule has 1 aliphatic rings. The summed E-state index contributed by atoms with van der Waals surface area (Å²) >= 11 is 0. The molecule has 0 spiro atoms. The van der Waals surface area contributed by atoms with Crippen molar-refractivity contribution in [2.75, 3.05) is 5.32 Å². The van der Waals surface area contributed by atoms with Gasteiger partial charge in [0.1, 0.15) is 0 Å². The van der Waals surface area contributed by atoms with Crippen LogP contribution in [0.1, 0.15) is 35.3 Å². The Morgan fingerprint density at radius 2 is 2.35 bits per heavy atom. The first-order valence-electron chi connectivity index (χ1n) is 5.65. The molecule has 1 aromatic heterocycles. The van der Waals surface area contributed by atoms with E-state index in [2.05, 4.69) is 27.4 Å². The molecule has 5 heteroatoms. The molecule has 2 rings (SSSR count). The molecule has 2 N–H and O–H groups in total. The lowest BCUT2D eigenvalue weighted by Crippen LogP contribution is -2.22. The molecule has 90 valence electrons. The molecular formula is C12H15N3O2. The van der Waals surface area contributed by atoms with Crippen molar-refractivity contribution in [1.29, 1.82) is 0 Å². The van der Waals surface area contributed by atoms with Crippen LogP contribution in [-0.2, 0) is 0 Å². The first-order chi connectivity index (χ1) is 8.16. The van der Waals surface area contributed by atoms with Gasteiger partial charge in [-0.3, -0.25) is 0 Å². The predicted octanol–water partition coefficient (Wildman–Crippen LogP) is 2.00. The number of carboxylic acids is 1. The SMILES string of the molecule is Cc1nc(NC2CC=CCC2)ncc1C(=O)O. The van der Waals surface area contributed by atoms with Crippen LogP contribution in [-0.4, -0.2) is 27.1 Å². The zero-order valence-corrected chi connectivity index (χ0v) is 9.68. The molecule has 1 unspecified atom stereocenters. The van der Waals surface area contributed by atoms with Crippen LogP contribution in [0.15, 0.2) is 18.3 Å². The van der Waals surface area contributed by atoms with E-state index in [1.807, 2.05) is 0 Å². The van der Waals surface area contributed by atoms with Crippen molar-refractivity contribution in [3.05, 3.63) is 29.6 Å². The van der Waals surface area contributed by atoms with Gasteiger partial charge in [0.25, 0.3) is 0 Å². The van der Waals surface area contributed by atoms with Crippen molar-refractivity contribution in [1.82, 2.24) is 9.97 Å². The third-order valence-electron chi connectivity index (χ3n) is 2.81. The summed E-state index contributed by atoms with van der Waals surface area (Å²) < 4.78 is 0. The van der Waals surface area contributed by atoms with Crippen LogP contribution < -0.4 is 5.32 Å². The van der Waals surface area contributed by atoms with Crippen molar-refractivity contribution in [2.45, 2.75) is 32.2 Å². The lowest BCUT2D eigenvalue weighted by atomic mass is 10.0. The van der Waals surface area contributed by atoms with Crippen LogP contribution in [0.25, 0.3) is 0 Å². The van der Waals surface area contributed by atoms with Gasteiger partial charge in [0, 0.05) is 12.2 Å². The maximum Gasteiger partial charge on any atom is 0.339 e. The van der Waals surface area contributed by atoms with E-state index in [1.54, 1.807) is 6.92 Å². The monoisotopic (exact) mass is 233 g/mol. The molecule has 5 nitrogen and oxygen atoms in total. The van der Waals surface area contributed by atoms with Gasteiger partial charge in [0.15, 0.2) is 0 Å². The van der Waals surface area contributed by atoms with Gasteiger partial charge in [0.2, 0.25) is 5.95 Å². The van der Waals surface area contributed by atoms with Gasteiger partial charge in [0.05, 0.1) is 11.3 Å². The van der Waals surface area contributed by atoms with Gasteiger partial charge in [-0.2, -0.15) is 0 Å². The Labute approximate surface area is 99.6 Å². The topological polar surface area (TPSA) is 75.1 Å². The first-order valence-corrected chi connectivity index (χ1v) is 5.65. The Bertz CT molecular complexity index is 457. The maximum absolute atomic E-state index is 10.8. The van der Waals surface area contributed by atoms with E-state index in [0.717, 1.165) is 19.3 Å². The number of nitrogens with one attached hydrogen (secondary N) is 1. The first kappa shape index (κ1) is 11.6. The molecule has 0 radical (unpaired) electrons. The molecule has 1 atom stereocenters. The van der Waals surface area contributed by atoms with Crippen LogP contribution in [0.3, 0.4) is 0 Å². The number of hydrogen-bond acceptors (Lipinski definition) is 4. The highest BCUT2D eigenvalue weighted by molar-refractivity contribution is 5.88. The second-order valence-corrected chi connectivity index (χ2v) is 4.12. The molecule has 0 saturated heterocycles. The zero-order chi connectivity index (χ0) is 12.3. The van der Waals surface area contributed by atoms with E-state index < -0.39 is 5.97 Å². The van der Waals surface area contributed by atoms with Crippen molar-refractivity contribution in [3.63, 3.8) is 0 Å². The smallest absolute Gasteiger partial charge is 0.339 e. The summed E-state index contributed by atoms with van der Waals surface area (Å²) in [6, 6.07) is 0.343. The van der Waals surface area contributed by atoms with Gasteiger partial charge < -0.3 is 10.4 Å². The molecule has 1 aromatic rings. The second-order valence-electron chi connectivity index (χ2n) is 4.12. The van der Waals surface area contributed by atoms with Crippen LogP contribution in [0.5, 0.6) is 0 Å². The van der Waals surface area contributed by atoms with Crippen LogP contribution in [0, 0.1) is 6.92 Å². The second kappa shape index (κ2) is 4.95. The normalized spacial score (nSPS) is 19.0. The molecule has 0 saturated carbocycles. The van der Waals surface area contributed by atoms with Crippen molar-refractivity contribution >= 4 is 11.9 Å². The summed E-state index contributed by atoms with van der Waals surface area (Å²) in [5.74, 6) is -0.484. The number of rotatable bonds is 3. The summed E-state index contributed by atoms with van der Waals surface area (Å²) in [4.78, 5) is 19.0. The third-order valence-corrected chi connectivity index (χ3v) is 2.81. The van der Waals surface area contributed by atoms with E-state index in [0.29, 0.717) is 17.7 Å². The van der Waals surface area contributed by atoms with Gasteiger partial charge in [-0.1, -0.05) is 12.2 Å². The molecular weight excluding hydrogens is 218 g/mol. The number of aryl methyl sites for hydroxylation is 1. The molecule has 0 bridgehead atoms. The fourth-order valence-corrected chi connectivity index (χ4v) is 1.85. The van der Waals surface area contributed by atoms with Crippen LogP contribution >= 0.6 is 0 Å². The summed E-state index contributed by atoms with van der Waals surface area (Å²) in [5, 5.41) is 12.1. The lowest BCUT2D eigenvalue weighted by molar-refractivity contribution is 0.0695. The Morgan fingerprint density at radius 1 is 1.53 bits per heavy atom. The number of hydrogen-bond donors (Lipinski definition) is 2. The number of aromatic carboxylic acids is 1. The van der Waals surface area contributed by atoms with Crippen molar-refractivity contribution < 1.29 is 9.90 Å². The number of nitrogens with zero attached hydrogens (tertiary/aromatic N) is 2. The molecule has 17 heavy (non-hydrogen) atoms. The van der Waals surface area contributed by atoms with E-state index in [9.17, 15) is 4.79 Å². The Morgan fingerprint density at radius 3 is 2.94 bits per heavy atom. The van der Waals surface area contributed by atoms with E-state index in [-0.39, 0.29) is 5.56 Å². The molecule has 0 aliphatic heterocycles. The summed E-state index contributed by atoms with van der Waals surface area (Å²) in [7, 11) is 0. The Kier molecular flexibility index (Phi) is 3.37. The standard InChI is InChI=1S/C12H15N3O2/c1-8-10(11(16)17)7-13-12(14-8)15-9-5-3-2-4-6-9/h2-3,7,9H,4-6H2,1H3,(H,16,17)(H,13,14,15). The Balaban J connectivity index is 2.09. The van der Waals surface area contributed by atoms with Gasteiger partial charge in [-0.15, -0.1) is 0 Å². The lowest BCUT2D eigenvalue weighted by Gasteiger charge is -2.19. The quantitative estimate of drug-likeness (QED) is 0.781. The summed E-state index contributed by atoms with van der Waals surface area (Å²) in [6.45, 7) is 1.68. The average Bonchev–Trinajstić information content (AvgIpc) is 2.30. The average molecular weight is 233 g/mol. The van der Waals surface area contributed by atoms with Crippen molar-refractivity contribution in [3.8, 4) is 0 Å². The number of aromatic nitrogens is 2. The van der Waals surface area contributed by atoms with Gasteiger partial charge >= 0.3 is 5.97 Å². The molecule has 1 aliphatic carbocycles. The Hall–Kier alpha value is -1.91. The van der Waals surface area contributed by atoms with Gasteiger partial charge in [-0.25, -0.2) is 14.8 Å². The van der Waals surface area contributed by atoms with E-state index >= 15 is 0 Å². The molecule has 0 fully saturated rings. The highest BCUT2D eigenvalue weighted by atomic mass is 16.4. The minimum atomic E-state index is -0.991. The fraction of sp³-hybridized carbons (Fsp3) is 0.417.